The summed E-state index contributed by atoms with van der Waals surface area (Å²) in [6, 6.07) is 34.0. The molecule has 5 aromatic rings. The summed E-state index contributed by atoms with van der Waals surface area (Å²) in [5.74, 6) is 2.95. The quantitative estimate of drug-likeness (QED) is 0.0156. The molecule has 0 bridgehead atoms. The van der Waals surface area contributed by atoms with Crippen molar-refractivity contribution in [2.75, 3.05) is 41.8 Å². The Labute approximate surface area is 399 Å². The Morgan fingerprint density at radius 1 is 0.846 bits per heavy atom. The van der Waals surface area contributed by atoms with Gasteiger partial charge in [0, 0.05) is 56.7 Å². The van der Waals surface area contributed by atoms with E-state index in [0.29, 0.717) is 19.4 Å². The van der Waals surface area contributed by atoms with Gasteiger partial charge in [0.05, 0.1) is 18.1 Å². The van der Waals surface area contributed by atoms with Crippen molar-refractivity contribution in [1.82, 2.24) is 0 Å². The second-order valence-corrected chi connectivity index (χ2v) is 20.1. The molecule has 340 valence electrons. The number of ketones is 1. The van der Waals surface area contributed by atoms with E-state index in [0.717, 1.165) is 100 Å². The molecule has 2 aliphatic heterocycles. The molecule has 65 heavy (non-hydrogen) atoms. The predicted molar refractivity (Wildman–Crippen MR) is 281 cm³/mol. The number of thioether (sulfide) groups is 1. The summed E-state index contributed by atoms with van der Waals surface area (Å²) in [7, 11) is 0. The number of ether oxygens (including phenoxy) is 1. The topological polar surface area (TPSA) is 113 Å². The lowest BCUT2D eigenvalue weighted by atomic mass is 9.78. The summed E-state index contributed by atoms with van der Waals surface area (Å²) in [5.41, 5.74) is 18.7. The molecule has 0 amide bonds. The van der Waals surface area contributed by atoms with E-state index in [-0.39, 0.29) is 22.7 Å². The van der Waals surface area contributed by atoms with Crippen LogP contribution in [-0.2, 0) is 24.8 Å². The summed E-state index contributed by atoms with van der Waals surface area (Å²) in [5, 5.41) is 4.94. The summed E-state index contributed by atoms with van der Waals surface area (Å²) in [6.07, 6.45) is 14.2. The molecule has 5 aromatic carbocycles. The van der Waals surface area contributed by atoms with Crippen LogP contribution in [0, 0.1) is 5.92 Å². The summed E-state index contributed by atoms with van der Waals surface area (Å²) < 4.78 is 20.5. The first kappa shape index (κ1) is 48.2. The monoisotopic (exact) mass is 926 g/mol. The molecule has 0 fully saturated rings. The maximum absolute atomic E-state index is 13.7. The molecule has 5 N–H and O–H groups in total. The number of benzene rings is 5. The summed E-state index contributed by atoms with van der Waals surface area (Å²) in [6.45, 7) is 13.0. The van der Waals surface area contributed by atoms with Crippen molar-refractivity contribution in [3.8, 4) is 5.75 Å². The maximum atomic E-state index is 13.7. The van der Waals surface area contributed by atoms with Gasteiger partial charge < -0.3 is 25.7 Å². The first-order valence-electron chi connectivity index (χ1n) is 22.9. The largest absolute Gasteiger partial charge is 0.466 e. The van der Waals surface area contributed by atoms with Gasteiger partial charge >= 0.3 is 17.5 Å². The number of anilines is 2. The minimum atomic E-state index is -0.362. The van der Waals surface area contributed by atoms with Crippen LogP contribution in [0.1, 0.15) is 84.3 Å². The minimum Gasteiger partial charge on any atom is -0.466 e. The average molecular weight is 927 g/mol. The first-order chi connectivity index (χ1) is 31.4. The van der Waals surface area contributed by atoms with Crippen LogP contribution in [0.25, 0.3) is 21.5 Å². The van der Waals surface area contributed by atoms with E-state index < -0.39 is 0 Å². The number of rotatable bonds is 15. The number of unbranched alkanes of at least 4 members (excludes halogenated alkanes) is 2. The predicted octanol–water partition coefficient (Wildman–Crippen LogP) is 13.5. The van der Waals surface area contributed by atoms with Crippen LogP contribution in [0.3, 0.4) is 0 Å². The van der Waals surface area contributed by atoms with Gasteiger partial charge in [0.25, 0.3) is 0 Å². The number of hydrogen-bond donors (Lipinski definition) is 4. The van der Waals surface area contributed by atoms with Crippen molar-refractivity contribution in [2.45, 2.75) is 88.9 Å². The van der Waals surface area contributed by atoms with Crippen LogP contribution in [0.15, 0.2) is 148 Å². The van der Waals surface area contributed by atoms with E-state index in [9.17, 15) is 4.79 Å². The van der Waals surface area contributed by atoms with Gasteiger partial charge in [0.15, 0.2) is 0 Å². The Kier molecular flexibility index (Phi) is 16.1. The Bertz CT molecular complexity index is 2660. The zero-order chi connectivity index (χ0) is 46.1. The molecule has 1 unspecified atom stereocenters. The standard InChI is InChI=1S/C51H52N2O3S2.C4H11NOS/c1-6-55-49(54)37-31-35(19-27-44-50(2,3)46-40-15-9-7-13-33(40)17-25-42(46)53(44)29-11-12-30-57)48(58-39-23-21-38(52)22-24-39)36(32-37)20-28-45-51(4,5)47-41-16-10-8-14-34(41)18-26-43(47)56-45;5-3-1-2-4-7-6/h7-10,13-28,37H,6,11-12,29-32,52H2,1-5H3;6H,1-5H2/p+1/b28-20+,35-19+,44-27+;. The molecular formula is C55H64N3O4S3+. The van der Waals surface area contributed by atoms with Gasteiger partial charge in [-0.3, -0.25) is 4.79 Å². The van der Waals surface area contributed by atoms with Crippen LogP contribution in [0.5, 0.6) is 5.75 Å². The molecule has 0 aromatic heterocycles. The zero-order valence-corrected chi connectivity index (χ0v) is 41.0. The molecular weight excluding hydrogens is 863 g/mol. The van der Waals surface area contributed by atoms with Crippen LogP contribution in [0.2, 0.25) is 0 Å². The van der Waals surface area contributed by atoms with Gasteiger partial charge in [-0.2, -0.15) is 12.6 Å². The summed E-state index contributed by atoms with van der Waals surface area (Å²) in [4.78, 5) is 18.4. The molecule has 0 saturated carbocycles. The third-order valence-electron chi connectivity index (χ3n) is 12.7. The van der Waals surface area contributed by atoms with Crippen molar-refractivity contribution < 1.29 is 18.5 Å². The van der Waals surface area contributed by atoms with E-state index in [1.807, 2.05) is 19.1 Å². The van der Waals surface area contributed by atoms with Gasteiger partial charge in [-0.15, -0.1) is 0 Å². The average Bonchev–Trinajstić information content (AvgIpc) is 3.70. The zero-order valence-electron chi connectivity index (χ0n) is 38.4. The lowest BCUT2D eigenvalue weighted by molar-refractivity contribution is -0.362. The smallest absolute Gasteiger partial charge is 0.358 e. The van der Waals surface area contributed by atoms with Crippen molar-refractivity contribution in [1.29, 1.82) is 0 Å². The molecule has 3 aliphatic rings. The third kappa shape index (κ3) is 10.6. The number of allylic oxidation sites excluding steroid dienone is 7. The molecule has 0 spiro atoms. The Morgan fingerprint density at radius 2 is 1.54 bits per heavy atom. The van der Waals surface area contributed by atoms with Crippen molar-refractivity contribution >= 4 is 81.1 Å². The molecule has 10 heteroatoms. The number of nitrogen functional groups attached to an aromatic ring is 1. The minimum absolute atomic E-state index is 0.166. The van der Waals surface area contributed by atoms with Gasteiger partial charge in [-0.05, 0) is 170 Å². The van der Waals surface area contributed by atoms with Crippen LogP contribution < -0.4 is 16.4 Å². The second kappa shape index (κ2) is 21.7. The van der Waals surface area contributed by atoms with E-state index in [1.54, 1.807) is 11.8 Å². The van der Waals surface area contributed by atoms with E-state index in [4.69, 9.17) is 25.2 Å². The molecule has 7 nitrogen and oxygen atoms in total. The van der Waals surface area contributed by atoms with Crippen LogP contribution in [0.4, 0.5) is 11.4 Å². The number of carbonyl (C=O) groups excluding carboxylic acids is 2. The lowest BCUT2D eigenvalue weighted by Gasteiger charge is -2.29. The Morgan fingerprint density at radius 3 is 2.22 bits per heavy atom. The summed E-state index contributed by atoms with van der Waals surface area (Å²) >= 11 is 7.16. The fourth-order valence-electron chi connectivity index (χ4n) is 9.41. The number of fused-ring (bicyclic) bond motifs is 6. The molecule has 0 saturated heterocycles. The number of nitrogens with zero attached hydrogens (tertiary/aromatic N) is 1. The Hall–Kier alpha value is -4.71. The SMILES string of the molecule is CCOC(=O)C1CC(/C=C/C2=[O+]c3ccc4ccccc4c3C2(C)C)=C(Sc2ccc(N)cc2)C(=C/C=C2/N(CCCCS)c3ccc4ccccc4c3C2(C)C)/C1.NCCCCSO. The molecule has 8 rings (SSSR count). The van der Waals surface area contributed by atoms with Gasteiger partial charge in [0.2, 0.25) is 0 Å². The fraction of sp³-hybridized carbons (Fsp3) is 0.345. The third-order valence-corrected chi connectivity index (χ3v) is 14.7. The molecule has 0 radical (unpaired) electrons. The highest BCUT2D eigenvalue weighted by molar-refractivity contribution is 8.03. The molecule has 2 heterocycles. The van der Waals surface area contributed by atoms with Crippen molar-refractivity contribution in [3.63, 3.8) is 0 Å². The lowest BCUT2D eigenvalue weighted by Crippen LogP contribution is -2.27. The van der Waals surface area contributed by atoms with Crippen molar-refractivity contribution in [2.24, 2.45) is 11.7 Å². The number of carbonyl (C=O) groups is 1. The normalized spacial score (nSPS) is 18.6. The van der Waals surface area contributed by atoms with E-state index >= 15 is 0 Å². The maximum Gasteiger partial charge on any atom is 0.358 e. The van der Waals surface area contributed by atoms with Gasteiger partial charge in [-0.25, -0.2) is 4.42 Å². The van der Waals surface area contributed by atoms with E-state index in [1.165, 1.54) is 44.1 Å². The number of esters is 1. The van der Waals surface area contributed by atoms with E-state index in [2.05, 4.69) is 154 Å². The highest BCUT2D eigenvalue weighted by atomic mass is 32.2. The van der Waals surface area contributed by atoms with Gasteiger partial charge in [0.1, 0.15) is 5.41 Å². The fourth-order valence-corrected chi connectivity index (χ4v) is 11.0. The van der Waals surface area contributed by atoms with Crippen molar-refractivity contribution in [3.05, 3.63) is 154 Å². The van der Waals surface area contributed by atoms with Crippen LogP contribution >= 0.6 is 36.4 Å². The van der Waals surface area contributed by atoms with Crippen LogP contribution in [-0.4, -0.2) is 47.5 Å². The number of hydrogen-bond acceptors (Lipinski definition) is 9. The highest BCUT2D eigenvalue weighted by Crippen LogP contribution is 2.52. The highest BCUT2D eigenvalue weighted by Gasteiger charge is 2.47. The van der Waals surface area contributed by atoms with Gasteiger partial charge in [-0.1, -0.05) is 86.3 Å². The number of thiol groups is 1. The Balaban J connectivity index is 0.000000833. The molecule has 1 aliphatic carbocycles. The first-order valence-corrected chi connectivity index (χ1v) is 25.3. The molecule has 1 atom stereocenters. The number of nitrogens with two attached hydrogens (primary N) is 2. The second-order valence-electron chi connectivity index (χ2n) is 17.9.